The summed E-state index contributed by atoms with van der Waals surface area (Å²) >= 11 is 0. The molecule has 2 aromatic carbocycles. The Morgan fingerprint density at radius 3 is 2.36 bits per heavy atom. The maximum absolute atomic E-state index is 13.7. The van der Waals surface area contributed by atoms with Gasteiger partial charge in [0, 0.05) is 6.07 Å². The lowest BCUT2D eigenvalue weighted by atomic mass is 10.1. The number of carbonyl (C=O) groups excluding carboxylic acids is 1. The minimum atomic E-state index is -4.98. The fourth-order valence-corrected chi connectivity index (χ4v) is 3.15. The molecule has 0 N–H and O–H groups in total. The molecule has 0 aliphatic heterocycles. The fourth-order valence-electron chi connectivity index (χ4n) is 3.15. The SMILES string of the molecule is CCCCOC(=O)COc1ccc2c(=O)c(Oc3cc(C)cc(C)c3)c(C(F)(F)F)oc2c1. The van der Waals surface area contributed by atoms with Crippen LogP contribution in [0.4, 0.5) is 13.2 Å². The Balaban J connectivity index is 1.95. The number of carbonyl (C=O) groups is 1. The molecule has 0 bridgehead atoms. The molecule has 0 fully saturated rings. The number of esters is 1. The summed E-state index contributed by atoms with van der Waals surface area (Å²) in [4.78, 5) is 24.6. The van der Waals surface area contributed by atoms with E-state index in [2.05, 4.69) is 0 Å². The minimum absolute atomic E-state index is 0.0502. The lowest BCUT2D eigenvalue weighted by Crippen LogP contribution is -2.16. The second kappa shape index (κ2) is 9.97. The Hall–Kier alpha value is -3.49. The number of alkyl halides is 3. The van der Waals surface area contributed by atoms with E-state index in [9.17, 15) is 22.8 Å². The number of hydrogen-bond acceptors (Lipinski definition) is 6. The zero-order valence-corrected chi connectivity index (χ0v) is 18.4. The van der Waals surface area contributed by atoms with Gasteiger partial charge in [0.1, 0.15) is 17.1 Å². The highest BCUT2D eigenvalue weighted by Crippen LogP contribution is 2.38. The second-order valence-electron chi connectivity index (χ2n) is 7.53. The van der Waals surface area contributed by atoms with Crippen LogP contribution in [-0.2, 0) is 15.7 Å². The minimum Gasteiger partial charge on any atom is -0.482 e. The van der Waals surface area contributed by atoms with Crippen LogP contribution in [0.5, 0.6) is 17.2 Å². The molecule has 3 aromatic rings. The standard InChI is InChI=1S/C24H23F3O6/c1-4-5-8-30-20(28)13-31-16-6-7-18-19(12-16)33-23(24(25,26)27)22(21(18)29)32-17-10-14(2)9-15(3)11-17/h6-7,9-12H,4-5,8,13H2,1-3H3. The van der Waals surface area contributed by atoms with E-state index >= 15 is 0 Å². The van der Waals surface area contributed by atoms with Crippen LogP contribution in [0, 0.1) is 13.8 Å². The van der Waals surface area contributed by atoms with Gasteiger partial charge < -0.3 is 18.6 Å². The molecule has 6 nitrogen and oxygen atoms in total. The van der Waals surface area contributed by atoms with Crippen LogP contribution in [0.3, 0.4) is 0 Å². The molecule has 0 spiro atoms. The summed E-state index contributed by atoms with van der Waals surface area (Å²) in [5, 5.41) is -0.125. The molecule has 0 radical (unpaired) electrons. The molecule has 0 aliphatic rings. The van der Waals surface area contributed by atoms with Crippen molar-refractivity contribution in [3.63, 3.8) is 0 Å². The summed E-state index contributed by atoms with van der Waals surface area (Å²) in [6.45, 7) is 5.28. The van der Waals surface area contributed by atoms with E-state index in [0.717, 1.165) is 23.6 Å². The van der Waals surface area contributed by atoms with Crippen molar-refractivity contribution in [1.29, 1.82) is 0 Å². The molecular weight excluding hydrogens is 441 g/mol. The van der Waals surface area contributed by atoms with Crippen molar-refractivity contribution in [3.05, 3.63) is 63.5 Å². The molecular formula is C24H23F3O6. The third kappa shape index (κ3) is 6.06. The molecule has 0 atom stereocenters. The van der Waals surface area contributed by atoms with Crippen molar-refractivity contribution in [2.75, 3.05) is 13.2 Å². The van der Waals surface area contributed by atoms with Crippen molar-refractivity contribution in [2.24, 2.45) is 0 Å². The summed E-state index contributed by atoms with van der Waals surface area (Å²) in [5.41, 5.74) is 0.197. The maximum atomic E-state index is 13.7. The monoisotopic (exact) mass is 464 g/mol. The first-order valence-electron chi connectivity index (χ1n) is 10.3. The molecule has 1 aromatic heterocycles. The van der Waals surface area contributed by atoms with Gasteiger partial charge in [-0.15, -0.1) is 0 Å². The van der Waals surface area contributed by atoms with Crippen LogP contribution >= 0.6 is 0 Å². The smallest absolute Gasteiger partial charge is 0.453 e. The van der Waals surface area contributed by atoms with Crippen LogP contribution in [0.2, 0.25) is 0 Å². The first kappa shape index (κ1) is 24.2. The third-order valence-corrected chi connectivity index (χ3v) is 4.61. The summed E-state index contributed by atoms with van der Waals surface area (Å²) in [6, 6.07) is 8.59. The van der Waals surface area contributed by atoms with Gasteiger partial charge in [0.15, 0.2) is 6.61 Å². The van der Waals surface area contributed by atoms with Gasteiger partial charge in [0.2, 0.25) is 11.2 Å². The first-order chi connectivity index (χ1) is 15.6. The summed E-state index contributed by atoms with van der Waals surface area (Å²) in [6.07, 6.45) is -3.42. The average Bonchev–Trinajstić information content (AvgIpc) is 2.72. The third-order valence-electron chi connectivity index (χ3n) is 4.61. The van der Waals surface area contributed by atoms with Crippen LogP contribution in [0.15, 0.2) is 45.6 Å². The molecule has 0 aliphatic carbocycles. The normalized spacial score (nSPS) is 11.5. The van der Waals surface area contributed by atoms with Crippen molar-refractivity contribution < 1.29 is 36.6 Å². The Kier molecular flexibility index (Phi) is 7.30. The van der Waals surface area contributed by atoms with E-state index in [1.165, 1.54) is 24.3 Å². The number of aryl methyl sites for hydroxylation is 2. The van der Waals surface area contributed by atoms with E-state index < -0.39 is 35.7 Å². The van der Waals surface area contributed by atoms with Crippen LogP contribution in [0.1, 0.15) is 36.7 Å². The molecule has 0 saturated carbocycles. The van der Waals surface area contributed by atoms with Crippen LogP contribution in [-0.4, -0.2) is 19.2 Å². The van der Waals surface area contributed by atoms with Crippen LogP contribution in [0.25, 0.3) is 11.0 Å². The number of fused-ring (bicyclic) bond motifs is 1. The number of hydrogen-bond donors (Lipinski definition) is 0. The molecule has 0 saturated heterocycles. The lowest BCUT2D eigenvalue weighted by Gasteiger charge is -2.14. The average molecular weight is 464 g/mol. The second-order valence-corrected chi connectivity index (χ2v) is 7.53. The Bertz CT molecular complexity index is 1190. The first-order valence-corrected chi connectivity index (χ1v) is 10.3. The molecule has 3 rings (SSSR count). The van der Waals surface area contributed by atoms with E-state index in [0.29, 0.717) is 6.42 Å². The molecule has 1 heterocycles. The van der Waals surface area contributed by atoms with Gasteiger partial charge in [-0.05, 0) is 55.7 Å². The molecule has 33 heavy (non-hydrogen) atoms. The summed E-state index contributed by atoms with van der Waals surface area (Å²) in [7, 11) is 0. The number of benzene rings is 2. The Labute approximate surface area is 187 Å². The molecule has 0 unspecified atom stereocenters. The molecule has 0 amide bonds. The zero-order valence-electron chi connectivity index (χ0n) is 18.4. The topological polar surface area (TPSA) is 75.0 Å². The zero-order chi connectivity index (χ0) is 24.2. The maximum Gasteiger partial charge on any atom is 0.453 e. The van der Waals surface area contributed by atoms with E-state index in [4.69, 9.17) is 18.6 Å². The van der Waals surface area contributed by atoms with Gasteiger partial charge in [0.05, 0.1) is 12.0 Å². The highest BCUT2D eigenvalue weighted by Gasteiger charge is 2.40. The number of rotatable bonds is 8. The summed E-state index contributed by atoms with van der Waals surface area (Å²) < 4.78 is 61.8. The molecule has 176 valence electrons. The van der Waals surface area contributed by atoms with E-state index in [-0.39, 0.29) is 29.1 Å². The van der Waals surface area contributed by atoms with Crippen molar-refractivity contribution in [3.8, 4) is 17.2 Å². The number of ether oxygens (including phenoxy) is 3. The van der Waals surface area contributed by atoms with Gasteiger partial charge in [0.25, 0.3) is 5.76 Å². The van der Waals surface area contributed by atoms with Crippen LogP contribution < -0.4 is 14.9 Å². The highest BCUT2D eigenvalue weighted by molar-refractivity contribution is 5.80. The number of halogens is 3. The predicted molar refractivity (Wildman–Crippen MR) is 115 cm³/mol. The fraction of sp³-hybridized carbons (Fsp3) is 0.333. The van der Waals surface area contributed by atoms with Crippen molar-refractivity contribution in [1.82, 2.24) is 0 Å². The van der Waals surface area contributed by atoms with Gasteiger partial charge in [-0.2, -0.15) is 13.2 Å². The van der Waals surface area contributed by atoms with Gasteiger partial charge >= 0.3 is 12.1 Å². The van der Waals surface area contributed by atoms with Gasteiger partial charge in [-0.25, -0.2) is 4.79 Å². The highest BCUT2D eigenvalue weighted by atomic mass is 19.4. The van der Waals surface area contributed by atoms with E-state index in [1.54, 1.807) is 13.8 Å². The quantitative estimate of drug-likeness (QED) is 0.303. The van der Waals surface area contributed by atoms with Gasteiger partial charge in [-0.3, -0.25) is 4.79 Å². The Morgan fingerprint density at radius 1 is 1.03 bits per heavy atom. The number of unbranched alkanes of at least 4 members (excludes halogenated alkanes) is 1. The molecule has 9 heteroatoms. The Morgan fingerprint density at radius 2 is 1.73 bits per heavy atom. The van der Waals surface area contributed by atoms with Crippen molar-refractivity contribution in [2.45, 2.75) is 39.8 Å². The predicted octanol–water partition coefficient (Wildman–Crippen LogP) is 5.94. The van der Waals surface area contributed by atoms with Crippen molar-refractivity contribution >= 4 is 16.9 Å². The van der Waals surface area contributed by atoms with E-state index in [1.807, 2.05) is 13.0 Å². The van der Waals surface area contributed by atoms with Gasteiger partial charge in [-0.1, -0.05) is 19.4 Å². The largest absolute Gasteiger partial charge is 0.482 e. The lowest BCUT2D eigenvalue weighted by molar-refractivity contribution is -0.154. The summed E-state index contributed by atoms with van der Waals surface area (Å²) in [5.74, 6) is -2.98.